The van der Waals surface area contributed by atoms with Crippen molar-refractivity contribution in [3.05, 3.63) is 83.8 Å². The van der Waals surface area contributed by atoms with Gasteiger partial charge in [0.1, 0.15) is 11.6 Å². The van der Waals surface area contributed by atoms with Gasteiger partial charge in [0.05, 0.1) is 17.9 Å². The second-order valence-corrected chi connectivity index (χ2v) is 7.21. The van der Waals surface area contributed by atoms with E-state index in [2.05, 4.69) is 22.8 Å². The zero-order chi connectivity index (χ0) is 21.0. The Morgan fingerprint density at radius 2 is 1.73 bits per heavy atom. The number of ether oxygens (including phenoxy) is 1. The summed E-state index contributed by atoms with van der Waals surface area (Å²) in [6, 6.07) is 17.7. The second-order valence-electron chi connectivity index (χ2n) is 7.21. The highest BCUT2D eigenvalue weighted by molar-refractivity contribution is 5.63. The Labute approximate surface area is 173 Å². The molecule has 4 rings (SSSR count). The summed E-state index contributed by atoms with van der Waals surface area (Å²) in [7, 11) is 0. The smallest absolute Gasteiger partial charge is 0.419 e. The van der Waals surface area contributed by atoms with Gasteiger partial charge >= 0.3 is 6.18 Å². The highest BCUT2D eigenvalue weighted by Gasteiger charge is 2.34. The van der Waals surface area contributed by atoms with Crippen molar-refractivity contribution in [2.75, 3.05) is 18.5 Å². The van der Waals surface area contributed by atoms with Gasteiger partial charge in [-0.2, -0.15) is 13.2 Å². The number of anilines is 1. The summed E-state index contributed by atoms with van der Waals surface area (Å²) in [5.41, 5.74) is 3.11. The number of alkyl halides is 3. The van der Waals surface area contributed by atoms with Gasteiger partial charge in [-0.3, -0.25) is 0 Å². The molecule has 0 unspecified atom stereocenters. The molecular weight excluding hydrogens is 389 g/mol. The van der Waals surface area contributed by atoms with Crippen LogP contribution in [0.3, 0.4) is 0 Å². The average molecular weight is 411 g/mol. The van der Waals surface area contributed by atoms with E-state index in [9.17, 15) is 13.2 Å². The van der Waals surface area contributed by atoms with E-state index < -0.39 is 11.7 Å². The van der Waals surface area contributed by atoms with Crippen LogP contribution in [0.4, 0.5) is 19.0 Å². The number of fused-ring (bicyclic) bond motifs is 1. The minimum atomic E-state index is -4.47. The number of nitrogens with one attached hydrogen (secondary N) is 1. The molecule has 6 heteroatoms. The van der Waals surface area contributed by atoms with E-state index in [-0.39, 0.29) is 5.82 Å². The van der Waals surface area contributed by atoms with Crippen molar-refractivity contribution < 1.29 is 17.9 Å². The molecule has 155 valence electrons. The Morgan fingerprint density at radius 3 is 2.53 bits per heavy atom. The lowest BCUT2D eigenvalue weighted by Gasteiger charge is -2.15. The normalized spacial score (nSPS) is 13.2. The lowest BCUT2D eigenvalue weighted by Crippen LogP contribution is -2.15. The van der Waals surface area contributed by atoms with E-state index in [0.29, 0.717) is 25.3 Å². The SMILES string of the molecule is FC(F)(F)c1ccc(-c2ccccc2)nc1NCCCOc1ccc2c(c1)C[CH]C2. The van der Waals surface area contributed by atoms with Gasteiger partial charge in [0.15, 0.2) is 0 Å². The molecule has 1 radical (unpaired) electrons. The summed E-state index contributed by atoms with van der Waals surface area (Å²) in [6.45, 7) is 0.738. The predicted molar refractivity (Wildman–Crippen MR) is 111 cm³/mol. The molecule has 0 amide bonds. The van der Waals surface area contributed by atoms with Crippen molar-refractivity contribution in [1.82, 2.24) is 4.98 Å². The van der Waals surface area contributed by atoms with Crippen molar-refractivity contribution in [2.24, 2.45) is 0 Å². The van der Waals surface area contributed by atoms with Gasteiger partial charge in [-0.05, 0) is 61.1 Å². The number of pyridine rings is 1. The highest BCUT2D eigenvalue weighted by Crippen LogP contribution is 2.35. The number of hydrogen-bond donors (Lipinski definition) is 1. The molecular formula is C24H22F3N2O. The lowest BCUT2D eigenvalue weighted by molar-refractivity contribution is -0.137. The van der Waals surface area contributed by atoms with Crippen molar-refractivity contribution in [3.8, 4) is 17.0 Å². The second kappa shape index (κ2) is 8.78. The molecule has 3 nitrogen and oxygen atoms in total. The van der Waals surface area contributed by atoms with Crippen LogP contribution in [-0.2, 0) is 19.0 Å². The van der Waals surface area contributed by atoms with Crippen molar-refractivity contribution in [1.29, 1.82) is 0 Å². The fraction of sp³-hybridized carbons (Fsp3) is 0.250. The van der Waals surface area contributed by atoms with Gasteiger partial charge in [0.2, 0.25) is 0 Å². The maximum absolute atomic E-state index is 13.4. The largest absolute Gasteiger partial charge is 0.494 e. The Kier molecular flexibility index (Phi) is 5.93. The third-order valence-electron chi connectivity index (χ3n) is 5.06. The molecule has 1 N–H and O–H groups in total. The Balaban J connectivity index is 1.38. The molecule has 2 aromatic carbocycles. The zero-order valence-electron chi connectivity index (χ0n) is 16.4. The molecule has 3 aromatic rings. The van der Waals surface area contributed by atoms with Gasteiger partial charge in [0, 0.05) is 12.1 Å². The number of benzene rings is 2. The molecule has 0 aliphatic heterocycles. The van der Waals surface area contributed by atoms with Gasteiger partial charge < -0.3 is 10.1 Å². The molecule has 0 spiro atoms. The molecule has 30 heavy (non-hydrogen) atoms. The van der Waals surface area contributed by atoms with Crippen LogP contribution >= 0.6 is 0 Å². The summed E-state index contributed by atoms with van der Waals surface area (Å²) in [6.07, 6.45) is 0.265. The van der Waals surface area contributed by atoms with Crippen LogP contribution in [0.15, 0.2) is 60.7 Å². The minimum absolute atomic E-state index is 0.156. The fourth-order valence-electron chi connectivity index (χ4n) is 3.53. The van der Waals surface area contributed by atoms with E-state index in [1.807, 2.05) is 42.5 Å². The minimum Gasteiger partial charge on any atom is -0.494 e. The first-order valence-electron chi connectivity index (χ1n) is 9.94. The van der Waals surface area contributed by atoms with E-state index in [4.69, 9.17) is 4.74 Å². The lowest BCUT2D eigenvalue weighted by atomic mass is 10.1. The monoisotopic (exact) mass is 411 g/mol. The van der Waals surface area contributed by atoms with Gasteiger partial charge in [-0.1, -0.05) is 36.4 Å². The first-order valence-corrected chi connectivity index (χ1v) is 9.94. The average Bonchev–Trinajstić information content (AvgIpc) is 3.21. The number of halogens is 3. The van der Waals surface area contributed by atoms with Crippen LogP contribution in [0.25, 0.3) is 11.3 Å². The molecule has 1 aliphatic rings. The standard InChI is InChI=1S/C24H22F3N2O/c25-24(26,27)21-12-13-22(18-6-2-1-3-7-18)29-23(21)28-14-5-15-30-20-11-10-17-8-4-9-19(17)16-20/h1-4,6-7,10-13,16H,5,8-9,14-15H2,(H,28,29). The highest BCUT2D eigenvalue weighted by atomic mass is 19.4. The molecule has 0 bridgehead atoms. The van der Waals surface area contributed by atoms with Crippen LogP contribution in [0.1, 0.15) is 23.1 Å². The van der Waals surface area contributed by atoms with Crippen molar-refractivity contribution >= 4 is 5.82 Å². The molecule has 0 saturated heterocycles. The van der Waals surface area contributed by atoms with Gasteiger partial charge in [-0.25, -0.2) is 4.98 Å². The number of nitrogens with zero attached hydrogens (tertiary/aromatic N) is 1. The number of aromatic nitrogens is 1. The topological polar surface area (TPSA) is 34.2 Å². The third kappa shape index (κ3) is 4.75. The summed E-state index contributed by atoms with van der Waals surface area (Å²) >= 11 is 0. The molecule has 1 heterocycles. The van der Waals surface area contributed by atoms with Crippen LogP contribution in [0, 0.1) is 6.42 Å². The quantitative estimate of drug-likeness (QED) is 0.488. The first-order chi connectivity index (χ1) is 14.5. The van der Waals surface area contributed by atoms with Crippen LogP contribution in [0.5, 0.6) is 5.75 Å². The molecule has 1 aromatic heterocycles. The van der Waals surface area contributed by atoms with E-state index >= 15 is 0 Å². The number of hydrogen-bond acceptors (Lipinski definition) is 3. The summed E-state index contributed by atoms with van der Waals surface area (Å²) in [5, 5.41) is 2.84. The maximum atomic E-state index is 13.4. The summed E-state index contributed by atoms with van der Waals surface area (Å²) < 4.78 is 45.9. The Morgan fingerprint density at radius 1 is 0.933 bits per heavy atom. The fourth-order valence-corrected chi connectivity index (χ4v) is 3.53. The third-order valence-corrected chi connectivity index (χ3v) is 5.06. The maximum Gasteiger partial charge on any atom is 0.419 e. The van der Waals surface area contributed by atoms with Crippen molar-refractivity contribution in [3.63, 3.8) is 0 Å². The van der Waals surface area contributed by atoms with Crippen LogP contribution in [0.2, 0.25) is 0 Å². The Hall–Kier alpha value is -3.02. The number of rotatable bonds is 7. The molecule has 1 aliphatic carbocycles. The van der Waals surface area contributed by atoms with E-state index in [0.717, 1.165) is 30.2 Å². The van der Waals surface area contributed by atoms with Gasteiger partial charge in [-0.15, -0.1) is 0 Å². The van der Waals surface area contributed by atoms with Gasteiger partial charge in [0.25, 0.3) is 0 Å². The summed E-state index contributed by atoms with van der Waals surface area (Å²) in [5.74, 6) is 0.640. The van der Waals surface area contributed by atoms with Crippen LogP contribution < -0.4 is 10.1 Å². The predicted octanol–water partition coefficient (Wildman–Crippen LogP) is 5.95. The molecule has 0 atom stereocenters. The molecule has 0 saturated carbocycles. The first kappa shape index (κ1) is 20.3. The molecule has 0 fully saturated rings. The van der Waals surface area contributed by atoms with E-state index in [1.165, 1.54) is 17.2 Å². The Bertz CT molecular complexity index is 1000. The van der Waals surface area contributed by atoms with E-state index in [1.54, 1.807) is 0 Å². The zero-order valence-corrected chi connectivity index (χ0v) is 16.4. The van der Waals surface area contributed by atoms with Crippen LogP contribution in [-0.4, -0.2) is 18.1 Å². The summed E-state index contributed by atoms with van der Waals surface area (Å²) in [4.78, 5) is 4.23. The van der Waals surface area contributed by atoms with Crippen molar-refractivity contribution in [2.45, 2.75) is 25.4 Å².